The van der Waals surface area contributed by atoms with Gasteiger partial charge in [-0.25, -0.2) is 4.57 Å². The minimum Gasteiger partial charge on any atom is -0.431 e. The summed E-state index contributed by atoms with van der Waals surface area (Å²) in [7, 11) is 1.84. The molecule has 0 bridgehead atoms. The number of rotatable bonds is 1. The first-order valence-electron chi connectivity index (χ1n) is 3.44. The summed E-state index contributed by atoms with van der Waals surface area (Å²) in [4.78, 5) is 11.0. The standard InChI is InChI=1S/C7H11N2O2/c1-3-11-7(10)9-5-4-8(2)6-9/h4-6H,3H2,1-2H3/q+1. The van der Waals surface area contributed by atoms with Crippen LogP contribution in [0.25, 0.3) is 0 Å². The number of carbonyl (C=O) groups excluding carboxylic acids is 1. The van der Waals surface area contributed by atoms with E-state index < -0.39 is 0 Å². The Morgan fingerprint density at radius 1 is 1.73 bits per heavy atom. The van der Waals surface area contributed by atoms with E-state index >= 15 is 0 Å². The average molecular weight is 155 g/mol. The minimum atomic E-state index is -0.340. The topological polar surface area (TPSA) is 35.1 Å². The van der Waals surface area contributed by atoms with Gasteiger partial charge in [0.2, 0.25) is 0 Å². The molecule has 1 aromatic rings. The molecule has 0 aromatic carbocycles. The van der Waals surface area contributed by atoms with E-state index in [1.807, 2.05) is 7.05 Å². The highest BCUT2D eigenvalue weighted by molar-refractivity contribution is 5.56. The quantitative estimate of drug-likeness (QED) is 0.547. The maximum Gasteiger partial charge on any atom is 0.511 e. The van der Waals surface area contributed by atoms with Crippen LogP contribution in [0.15, 0.2) is 18.7 Å². The van der Waals surface area contributed by atoms with Crippen molar-refractivity contribution >= 4 is 6.09 Å². The van der Waals surface area contributed by atoms with Crippen molar-refractivity contribution in [3.05, 3.63) is 18.7 Å². The Kier molecular flexibility index (Phi) is 2.25. The van der Waals surface area contributed by atoms with Gasteiger partial charge in [0.05, 0.1) is 13.7 Å². The van der Waals surface area contributed by atoms with Crippen molar-refractivity contribution in [3.8, 4) is 0 Å². The second-order valence-corrected chi connectivity index (χ2v) is 2.19. The molecule has 0 amide bonds. The number of hydrogen-bond acceptors (Lipinski definition) is 2. The van der Waals surface area contributed by atoms with Gasteiger partial charge in [-0.1, -0.05) is 0 Å². The molecule has 0 fully saturated rings. The maximum atomic E-state index is 11.0. The molecule has 60 valence electrons. The molecule has 0 radical (unpaired) electrons. The van der Waals surface area contributed by atoms with E-state index in [1.54, 1.807) is 30.2 Å². The summed E-state index contributed by atoms with van der Waals surface area (Å²) >= 11 is 0. The molecule has 0 spiro atoms. The first-order chi connectivity index (χ1) is 5.24. The normalized spacial score (nSPS) is 9.64. The molecule has 0 aliphatic carbocycles. The zero-order valence-corrected chi connectivity index (χ0v) is 6.65. The third-order valence-electron chi connectivity index (χ3n) is 1.25. The molecule has 0 aliphatic rings. The predicted octanol–water partition coefficient (Wildman–Crippen LogP) is 0.317. The largest absolute Gasteiger partial charge is 0.511 e. The van der Waals surface area contributed by atoms with Crippen LogP contribution in [0.2, 0.25) is 0 Å². The zero-order valence-electron chi connectivity index (χ0n) is 6.65. The summed E-state index contributed by atoms with van der Waals surface area (Å²) in [6, 6.07) is 0. The SMILES string of the molecule is CCOC(=O)[n+]1ccn(C)c1. The van der Waals surface area contributed by atoms with E-state index in [-0.39, 0.29) is 6.09 Å². The second-order valence-electron chi connectivity index (χ2n) is 2.19. The summed E-state index contributed by atoms with van der Waals surface area (Å²) in [5.74, 6) is 0. The molecule has 0 saturated heterocycles. The van der Waals surface area contributed by atoms with Crippen molar-refractivity contribution in [1.82, 2.24) is 4.57 Å². The highest BCUT2D eigenvalue weighted by Crippen LogP contribution is 1.80. The van der Waals surface area contributed by atoms with Gasteiger partial charge in [0.25, 0.3) is 6.33 Å². The van der Waals surface area contributed by atoms with Crippen molar-refractivity contribution < 1.29 is 14.1 Å². The lowest BCUT2D eigenvalue weighted by molar-refractivity contribution is -0.585. The van der Waals surface area contributed by atoms with E-state index in [4.69, 9.17) is 4.74 Å². The van der Waals surface area contributed by atoms with Gasteiger partial charge in [-0.2, -0.15) is 4.79 Å². The van der Waals surface area contributed by atoms with E-state index in [0.717, 1.165) is 0 Å². The van der Waals surface area contributed by atoms with E-state index in [0.29, 0.717) is 6.61 Å². The molecule has 11 heavy (non-hydrogen) atoms. The fourth-order valence-electron chi connectivity index (χ4n) is 0.756. The van der Waals surface area contributed by atoms with Crippen LogP contribution in [-0.2, 0) is 11.8 Å². The van der Waals surface area contributed by atoms with Crippen molar-refractivity contribution in [2.75, 3.05) is 6.61 Å². The third kappa shape index (κ3) is 1.80. The van der Waals surface area contributed by atoms with Gasteiger partial charge in [-0.15, -0.1) is 4.57 Å². The summed E-state index contributed by atoms with van der Waals surface area (Å²) in [5, 5.41) is 0. The lowest BCUT2D eigenvalue weighted by Crippen LogP contribution is -2.41. The molecular weight excluding hydrogens is 144 g/mol. The Balaban J connectivity index is 2.69. The number of aryl methyl sites for hydroxylation is 1. The number of hydrogen-bond donors (Lipinski definition) is 0. The first-order valence-corrected chi connectivity index (χ1v) is 3.44. The molecule has 1 heterocycles. The van der Waals surface area contributed by atoms with Crippen LogP contribution in [0.4, 0.5) is 4.79 Å². The number of ether oxygens (including phenoxy) is 1. The Labute approximate surface area is 65.0 Å². The van der Waals surface area contributed by atoms with Crippen molar-refractivity contribution in [1.29, 1.82) is 0 Å². The molecule has 0 N–H and O–H groups in total. The van der Waals surface area contributed by atoms with Gasteiger partial charge >= 0.3 is 6.09 Å². The van der Waals surface area contributed by atoms with Crippen LogP contribution in [-0.4, -0.2) is 17.3 Å². The van der Waals surface area contributed by atoms with E-state index in [1.165, 1.54) is 4.57 Å². The van der Waals surface area contributed by atoms with Gasteiger partial charge in [0.15, 0.2) is 0 Å². The van der Waals surface area contributed by atoms with Gasteiger partial charge in [0.1, 0.15) is 12.4 Å². The lowest BCUT2D eigenvalue weighted by Gasteiger charge is -1.93. The van der Waals surface area contributed by atoms with Gasteiger partial charge in [0, 0.05) is 0 Å². The first kappa shape index (κ1) is 7.78. The van der Waals surface area contributed by atoms with Crippen LogP contribution < -0.4 is 4.57 Å². The fraction of sp³-hybridized carbons (Fsp3) is 0.429. The summed E-state index contributed by atoms with van der Waals surface area (Å²) in [6.07, 6.45) is 4.74. The minimum absolute atomic E-state index is 0.340. The molecular formula is C7H11N2O2+. The van der Waals surface area contributed by atoms with Crippen LogP contribution in [0.5, 0.6) is 0 Å². The number of imidazole rings is 1. The average Bonchev–Trinajstić information content (AvgIpc) is 2.36. The summed E-state index contributed by atoms with van der Waals surface area (Å²) < 4.78 is 7.92. The Morgan fingerprint density at radius 3 is 2.91 bits per heavy atom. The maximum absolute atomic E-state index is 11.0. The fourth-order valence-corrected chi connectivity index (χ4v) is 0.756. The number of aromatic nitrogens is 2. The highest BCUT2D eigenvalue weighted by Gasteiger charge is 2.10. The van der Waals surface area contributed by atoms with Crippen molar-refractivity contribution in [2.24, 2.45) is 7.05 Å². The number of carbonyl (C=O) groups is 1. The lowest BCUT2D eigenvalue weighted by atomic mass is 10.8. The molecule has 0 saturated carbocycles. The Bertz CT molecular complexity index is 255. The van der Waals surface area contributed by atoms with E-state index in [2.05, 4.69) is 0 Å². The van der Waals surface area contributed by atoms with E-state index in [9.17, 15) is 4.79 Å². The molecule has 0 aliphatic heterocycles. The second kappa shape index (κ2) is 3.18. The third-order valence-corrected chi connectivity index (χ3v) is 1.25. The monoisotopic (exact) mass is 155 g/mol. The molecule has 0 atom stereocenters. The molecule has 1 aromatic heterocycles. The smallest absolute Gasteiger partial charge is 0.431 e. The van der Waals surface area contributed by atoms with Crippen molar-refractivity contribution in [2.45, 2.75) is 6.92 Å². The Morgan fingerprint density at radius 2 is 2.45 bits per heavy atom. The molecule has 4 heteroatoms. The van der Waals surface area contributed by atoms with Crippen LogP contribution in [0.3, 0.4) is 0 Å². The zero-order chi connectivity index (χ0) is 8.27. The van der Waals surface area contributed by atoms with Crippen molar-refractivity contribution in [3.63, 3.8) is 0 Å². The molecule has 4 nitrogen and oxygen atoms in total. The Hall–Kier alpha value is -1.32. The van der Waals surface area contributed by atoms with Crippen LogP contribution in [0, 0.1) is 0 Å². The predicted molar refractivity (Wildman–Crippen MR) is 38.0 cm³/mol. The summed E-state index contributed by atoms with van der Waals surface area (Å²) in [5.41, 5.74) is 0. The van der Waals surface area contributed by atoms with Gasteiger partial charge in [-0.05, 0) is 6.92 Å². The van der Waals surface area contributed by atoms with Crippen LogP contribution in [0.1, 0.15) is 6.92 Å². The molecule has 0 unspecified atom stereocenters. The van der Waals surface area contributed by atoms with Crippen LogP contribution >= 0.6 is 0 Å². The van der Waals surface area contributed by atoms with Gasteiger partial charge in [-0.3, -0.25) is 0 Å². The van der Waals surface area contributed by atoms with Gasteiger partial charge < -0.3 is 4.74 Å². The summed E-state index contributed by atoms with van der Waals surface area (Å²) in [6.45, 7) is 2.18. The molecule has 1 rings (SSSR count). The highest BCUT2D eigenvalue weighted by atomic mass is 16.5. The number of nitrogens with zero attached hydrogens (tertiary/aromatic N) is 2.